The van der Waals surface area contributed by atoms with Gasteiger partial charge in [0.2, 0.25) is 15.9 Å². The van der Waals surface area contributed by atoms with E-state index >= 15 is 0 Å². The molecule has 1 aliphatic rings. The van der Waals surface area contributed by atoms with E-state index in [0.29, 0.717) is 48.1 Å². The monoisotopic (exact) mass is 422 g/mol. The third-order valence-corrected chi connectivity index (χ3v) is 6.95. The van der Waals surface area contributed by atoms with E-state index in [1.54, 1.807) is 25.3 Å². The van der Waals surface area contributed by atoms with E-state index in [2.05, 4.69) is 5.32 Å². The predicted molar refractivity (Wildman–Crippen MR) is 103 cm³/mol. The number of hydrogen-bond donors (Lipinski definition) is 1. The fraction of sp³-hybridized carbons (Fsp3) is 0.588. The summed E-state index contributed by atoms with van der Waals surface area (Å²) in [5.74, 6) is -0.354. The van der Waals surface area contributed by atoms with Gasteiger partial charge >= 0.3 is 0 Å². The van der Waals surface area contributed by atoms with Crippen molar-refractivity contribution in [1.29, 1.82) is 0 Å². The second-order valence-electron chi connectivity index (χ2n) is 6.54. The first-order valence-electron chi connectivity index (χ1n) is 8.44. The number of amides is 1. The topological polar surface area (TPSA) is 75.7 Å². The van der Waals surface area contributed by atoms with Gasteiger partial charge in [-0.15, -0.1) is 0 Å². The summed E-state index contributed by atoms with van der Waals surface area (Å²) in [7, 11) is -1.88. The Morgan fingerprint density at radius 2 is 1.96 bits per heavy atom. The lowest BCUT2D eigenvalue weighted by Crippen LogP contribution is -2.45. The largest absolute Gasteiger partial charge is 0.383 e. The SMILES string of the molecule is COCC(C)NC(=O)C1CCN(S(=O)(=O)Cc2ccc(Cl)c(Cl)c2)CC1. The van der Waals surface area contributed by atoms with Gasteiger partial charge in [0.25, 0.3) is 0 Å². The molecule has 0 aliphatic carbocycles. The van der Waals surface area contributed by atoms with Gasteiger partial charge in [0.05, 0.1) is 22.4 Å². The maximum absolute atomic E-state index is 12.6. The third kappa shape index (κ3) is 5.82. The molecule has 0 aromatic heterocycles. The smallest absolute Gasteiger partial charge is 0.223 e. The molecule has 1 amide bonds. The summed E-state index contributed by atoms with van der Waals surface area (Å²) in [5.41, 5.74) is 0.590. The Balaban J connectivity index is 1.91. The number of sulfonamides is 1. The first kappa shape index (κ1) is 21.4. The molecule has 146 valence electrons. The Labute approximate surface area is 164 Å². The van der Waals surface area contributed by atoms with Crippen LogP contribution in [-0.4, -0.2) is 51.5 Å². The van der Waals surface area contributed by atoms with Crippen molar-refractivity contribution in [1.82, 2.24) is 9.62 Å². The van der Waals surface area contributed by atoms with Crippen molar-refractivity contribution in [3.8, 4) is 0 Å². The van der Waals surface area contributed by atoms with Crippen molar-refractivity contribution in [2.75, 3.05) is 26.8 Å². The minimum Gasteiger partial charge on any atom is -0.383 e. The number of methoxy groups -OCH3 is 1. The normalized spacial score (nSPS) is 17.8. The number of halogens is 2. The second-order valence-corrected chi connectivity index (χ2v) is 9.33. The Kier molecular flexibility index (Phi) is 7.73. The van der Waals surface area contributed by atoms with Gasteiger partial charge in [0.15, 0.2) is 0 Å². The van der Waals surface area contributed by atoms with Crippen LogP contribution in [0.4, 0.5) is 0 Å². The molecular weight excluding hydrogens is 399 g/mol. The summed E-state index contributed by atoms with van der Waals surface area (Å²) in [6.07, 6.45) is 1.01. The van der Waals surface area contributed by atoms with Crippen LogP contribution in [0.2, 0.25) is 10.0 Å². The number of rotatable bonds is 7. The highest BCUT2D eigenvalue weighted by Crippen LogP contribution is 2.26. The van der Waals surface area contributed by atoms with Gasteiger partial charge in [-0.2, -0.15) is 0 Å². The lowest BCUT2D eigenvalue weighted by Gasteiger charge is -2.31. The van der Waals surface area contributed by atoms with Gasteiger partial charge in [0.1, 0.15) is 0 Å². The summed E-state index contributed by atoms with van der Waals surface area (Å²) in [6.45, 7) is 2.99. The molecule has 9 heteroatoms. The fourth-order valence-electron chi connectivity index (χ4n) is 2.98. The maximum Gasteiger partial charge on any atom is 0.223 e. The van der Waals surface area contributed by atoms with E-state index in [0.717, 1.165) is 0 Å². The van der Waals surface area contributed by atoms with Crippen LogP contribution in [0.3, 0.4) is 0 Å². The molecule has 0 bridgehead atoms. The summed E-state index contributed by atoms with van der Waals surface area (Å²) >= 11 is 11.8. The van der Waals surface area contributed by atoms with Crippen LogP contribution < -0.4 is 5.32 Å². The van der Waals surface area contributed by atoms with Gasteiger partial charge in [-0.25, -0.2) is 12.7 Å². The molecular formula is C17H24Cl2N2O4S. The Hall–Kier alpha value is -0.860. The van der Waals surface area contributed by atoms with Crippen molar-refractivity contribution in [2.24, 2.45) is 5.92 Å². The van der Waals surface area contributed by atoms with Crippen molar-refractivity contribution in [2.45, 2.75) is 31.6 Å². The lowest BCUT2D eigenvalue weighted by molar-refractivity contribution is -0.127. The molecule has 1 heterocycles. The molecule has 1 atom stereocenters. The molecule has 2 rings (SSSR count). The first-order chi connectivity index (χ1) is 12.2. The van der Waals surface area contributed by atoms with Crippen molar-refractivity contribution < 1.29 is 17.9 Å². The van der Waals surface area contributed by atoms with Crippen molar-refractivity contribution >= 4 is 39.1 Å². The lowest BCUT2D eigenvalue weighted by atomic mass is 9.97. The summed E-state index contributed by atoms with van der Waals surface area (Å²) < 4.78 is 31.7. The molecule has 26 heavy (non-hydrogen) atoms. The number of hydrogen-bond acceptors (Lipinski definition) is 4. The standard InChI is InChI=1S/C17H24Cl2N2O4S/c1-12(10-25-2)20-17(22)14-5-7-21(8-6-14)26(23,24)11-13-3-4-15(18)16(19)9-13/h3-4,9,12,14H,5-8,10-11H2,1-2H3,(H,20,22). The molecule has 6 nitrogen and oxygen atoms in total. The van der Waals surface area contributed by atoms with Gasteiger partial charge in [-0.3, -0.25) is 4.79 Å². The number of piperidine rings is 1. The van der Waals surface area contributed by atoms with Crippen molar-refractivity contribution in [3.05, 3.63) is 33.8 Å². The second kappa shape index (κ2) is 9.37. The van der Waals surface area contributed by atoms with Crippen molar-refractivity contribution in [3.63, 3.8) is 0 Å². The molecule has 1 aromatic rings. The fourth-order valence-corrected chi connectivity index (χ4v) is 4.85. The van der Waals surface area contributed by atoms with Crippen LogP contribution >= 0.6 is 23.2 Å². The molecule has 1 aromatic carbocycles. The highest BCUT2D eigenvalue weighted by atomic mass is 35.5. The number of ether oxygens (including phenoxy) is 1. The summed E-state index contributed by atoms with van der Waals surface area (Å²) in [4.78, 5) is 12.2. The van der Waals surface area contributed by atoms with E-state index in [1.807, 2.05) is 6.92 Å². The molecule has 1 unspecified atom stereocenters. The zero-order valence-electron chi connectivity index (χ0n) is 14.9. The zero-order valence-corrected chi connectivity index (χ0v) is 17.2. The maximum atomic E-state index is 12.6. The van der Waals surface area contributed by atoms with Crippen LogP contribution in [0.25, 0.3) is 0 Å². The highest BCUT2D eigenvalue weighted by Gasteiger charge is 2.31. The van der Waals surface area contributed by atoms with E-state index in [1.165, 1.54) is 4.31 Å². The van der Waals surface area contributed by atoms with Crippen LogP contribution in [-0.2, 0) is 25.3 Å². The van der Waals surface area contributed by atoms with Gasteiger partial charge in [0, 0.05) is 32.2 Å². The van der Waals surface area contributed by atoms with Crippen LogP contribution in [0.15, 0.2) is 18.2 Å². The number of carbonyl (C=O) groups is 1. The van der Waals surface area contributed by atoms with Crippen LogP contribution in [0, 0.1) is 5.92 Å². The average Bonchev–Trinajstić information content (AvgIpc) is 2.58. The molecule has 1 saturated heterocycles. The molecule has 0 radical (unpaired) electrons. The van der Waals surface area contributed by atoms with E-state index in [9.17, 15) is 13.2 Å². The molecule has 1 N–H and O–H groups in total. The third-order valence-electron chi connectivity index (χ3n) is 4.36. The predicted octanol–water partition coefficient (Wildman–Crippen LogP) is 2.69. The zero-order chi connectivity index (χ0) is 19.3. The highest BCUT2D eigenvalue weighted by molar-refractivity contribution is 7.88. The number of nitrogens with one attached hydrogen (secondary N) is 1. The average molecular weight is 423 g/mol. The summed E-state index contributed by atoms with van der Waals surface area (Å²) in [5, 5.41) is 3.62. The van der Waals surface area contributed by atoms with Crippen LogP contribution in [0.1, 0.15) is 25.3 Å². The number of benzene rings is 1. The number of carbonyl (C=O) groups excluding carboxylic acids is 1. The minimum absolute atomic E-state index is 0.0453. The molecule has 0 saturated carbocycles. The van der Waals surface area contributed by atoms with Crippen LogP contribution in [0.5, 0.6) is 0 Å². The molecule has 0 spiro atoms. The Bertz CT molecular complexity index is 734. The Morgan fingerprint density at radius 3 is 2.54 bits per heavy atom. The Morgan fingerprint density at radius 1 is 1.31 bits per heavy atom. The summed E-state index contributed by atoms with van der Waals surface area (Å²) in [6, 6.07) is 4.75. The van der Waals surface area contributed by atoms with E-state index in [4.69, 9.17) is 27.9 Å². The van der Waals surface area contributed by atoms with Gasteiger partial charge in [-0.1, -0.05) is 29.3 Å². The van der Waals surface area contributed by atoms with Gasteiger partial charge < -0.3 is 10.1 Å². The van der Waals surface area contributed by atoms with E-state index < -0.39 is 10.0 Å². The minimum atomic E-state index is -3.47. The molecule has 1 fully saturated rings. The number of nitrogens with zero attached hydrogens (tertiary/aromatic N) is 1. The quantitative estimate of drug-likeness (QED) is 0.732. The van der Waals surface area contributed by atoms with Gasteiger partial charge in [-0.05, 0) is 37.5 Å². The van der Waals surface area contributed by atoms with E-state index in [-0.39, 0.29) is 23.6 Å². The first-order valence-corrected chi connectivity index (χ1v) is 10.8. The molecule has 1 aliphatic heterocycles.